The van der Waals surface area contributed by atoms with Gasteiger partial charge in [0.1, 0.15) is 5.82 Å². The summed E-state index contributed by atoms with van der Waals surface area (Å²) in [6.07, 6.45) is 0.500. The number of benzene rings is 1. The number of nitrogens with zero attached hydrogens (tertiary/aromatic N) is 1. The minimum absolute atomic E-state index is 0.391. The lowest BCUT2D eigenvalue weighted by Crippen LogP contribution is -1.94. The summed E-state index contributed by atoms with van der Waals surface area (Å²) in [6.45, 7) is 1.74. The first-order valence-electron chi connectivity index (χ1n) is 4.07. The van der Waals surface area contributed by atoms with Crippen molar-refractivity contribution in [2.24, 2.45) is 0 Å². The highest BCUT2D eigenvalue weighted by molar-refractivity contribution is 5.87. The van der Waals surface area contributed by atoms with Crippen molar-refractivity contribution < 1.29 is 9.18 Å². The lowest BCUT2D eigenvalue weighted by atomic mass is 10.2. The summed E-state index contributed by atoms with van der Waals surface area (Å²) in [5.41, 5.74) is 1.58. The molecule has 0 saturated heterocycles. The number of carbonyl (C=O) groups is 1. The fourth-order valence-corrected chi connectivity index (χ4v) is 1.40. The maximum absolute atomic E-state index is 13.4. The van der Waals surface area contributed by atoms with Crippen LogP contribution in [0.4, 0.5) is 10.1 Å². The van der Waals surface area contributed by atoms with E-state index in [1.54, 1.807) is 13.0 Å². The van der Waals surface area contributed by atoms with Gasteiger partial charge in [0, 0.05) is 11.4 Å². The van der Waals surface area contributed by atoms with E-state index in [0.29, 0.717) is 28.7 Å². The fraction of sp³-hybridized carbons (Fsp3) is 0.111. The van der Waals surface area contributed by atoms with Gasteiger partial charge in [0.15, 0.2) is 0 Å². The van der Waals surface area contributed by atoms with Crippen LogP contribution in [-0.4, -0.2) is 16.6 Å². The second-order valence-corrected chi connectivity index (χ2v) is 2.96. The van der Waals surface area contributed by atoms with E-state index in [9.17, 15) is 9.18 Å². The van der Waals surface area contributed by atoms with Crippen molar-refractivity contribution >= 4 is 23.0 Å². The third-order valence-electron chi connectivity index (χ3n) is 2.01. The number of rotatable bonds is 2. The maximum atomic E-state index is 13.4. The standard InChI is InChI=1S/C9H8FN3O/c1-5-9-7(10)2-6(11-4-14)3-8(9)13-12-5/h2-4H,1H3,(H,11,14)(H,12,13). The molecule has 0 bridgehead atoms. The number of aromatic nitrogens is 2. The molecule has 0 radical (unpaired) electrons. The topological polar surface area (TPSA) is 57.8 Å². The molecule has 14 heavy (non-hydrogen) atoms. The quantitative estimate of drug-likeness (QED) is 0.711. The molecule has 5 heteroatoms. The van der Waals surface area contributed by atoms with Crippen molar-refractivity contribution in [1.82, 2.24) is 10.2 Å². The van der Waals surface area contributed by atoms with Gasteiger partial charge in [0.2, 0.25) is 6.41 Å². The van der Waals surface area contributed by atoms with Crippen LogP contribution in [0.5, 0.6) is 0 Å². The van der Waals surface area contributed by atoms with Gasteiger partial charge in [0.05, 0.1) is 10.9 Å². The summed E-state index contributed by atoms with van der Waals surface area (Å²) < 4.78 is 13.4. The molecular formula is C9H8FN3O. The van der Waals surface area contributed by atoms with Crippen LogP contribution >= 0.6 is 0 Å². The van der Waals surface area contributed by atoms with Crippen molar-refractivity contribution in [2.45, 2.75) is 6.92 Å². The Kier molecular flexibility index (Phi) is 1.92. The normalized spacial score (nSPS) is 10.4. The van der Waals surface area contributed by atoms with E-state index in [0.717, 1.165) is 0 Å². The number of aromatic amines is 1. The largest absolute Gasteiger partial charge is 0.329 e. The minimum atomic E-state index is -0.391. The molecule has 4 nitrogen and oxygen atoms in total. The van der Waals surface area contributed by atoms with Crippen molar-refractivity contribution in [3.05, 3.63) is 23.6 Å². The molecule has 1 aromatic heterocycles. The van der Waals surface area contributed by atoms with Crippen LogP contribution < -0.4 is 5.32 Å². The van der Waals surface area contributed by atoms with Gasteiger partial charge < -0.3 is 5.32 Å². The number of amides is 1. The van der Waals surface area contributed by atoms with Gasteiger partial charge in [-0.05, 0) is 19.1 Å². The molecule has 0 atom stereocenters. The molecule has 1 amide bonds. The Balaban J connectivity index is 2.67. The molecule has 0 aliphatic heterocycles. The second kappa shape index (κ2) is 3.10. The summed E-state index contributed by atoms with van der Waals surface area (Å²) in [5, 5.41) is 9.42. The van der Waals surface area contributed by atoms with Gasteiger partial charge >= 0.3 is 0 Å². The Morgan fingerprint density at radius 2 is 2.36 bits per heavy atom. The van der Waals surface area contributed by atoms with Gasteiger partial charge in [-0.15, -0.1) is 0 Å². The number of halogens is 1. The zero-order chi connectivity index (χ0) is 10.1. The van der Waals surface area contributed by atoms with Crippen molar-refractivity contribution in [3.8, 4) is 0 Å². The number of carbonyl (C=O) groups excluding carboxylic acids is 1. The number of aryl methyl sites for hydroxylation is 1. The average molecular weight is 193 g/mol. The molecule has 1 heterocycles. The van der Waals surface area contributed by atoms with Crippen LogP contribution in [0.2, 0.25) is 0 Å². The van der Waals surface area contributed by atoms with Crippen molar-refractivity contribution in [1.29, 1.82) is 0 Å². The Morgan fingerprint density at radius 3 is 3.07 bits per heavy atom. The predicted molar refractivity (Wildman–Crippen MR) is 50.5 cm³/mol. The van der Waals surface area contributed by atoms with Gasteiger partial charge in [-0.3, -0.25) is 9.89 Å². The molecule has 2 aromatic rings. The number of fused-ring (bicyclic) bond motifs is 1. The Morgan fingerprint density at radius 1 is 1.57 bits per heavy atom. The third kappa shape index (κ3) is 1.22. The van der Waals surface area contributed by atoms with E-state index in [4.69, 9.17) is 0 Å². The van der Waals surface area contributed by atoms with E-state index in [1.807, 2.05) is 0 Å². The Labute approximate surface area is 79.1 Å². The fourth-order valence-electron chi connectivity index (χ4n) is 1.40. The van der Waals surface area contributed by atoms with E-state index in [-0.39, 0.29) is 0 Å². The highest BCUT2D eigenvalue weighted by Crippen LogP contribution is 2.23. The first-order valence-corrected chi connectivity index (χ1v) is 4.07. The summed E-state index contributed by atoms with van der Waals surface area (Å²) >= 11 is 0. The molecule has 0 spiro atoms. The lowest BCUT2D eigenvalue weighted by molar-refractivity contribution is -0.105. The summed E-state index contributed by atoms with van der Waals surface area (Å²) in [6, 6.07) is 2.87. The maximum Gasteiger partial charge on any atom is 0.211 e. The van der Waals surface area contributed by atoms with Crippen LogP contribution in [0, 0.1) is 12.7 Å². The minimum Gasteiger partial charge on any atom is -0.329 e. The smallest absolute Gasteiger partial charge is 0.211 e. The number of H-pyrrole nitrogens is 1. The van der Waals surface area contributed by atoms with E-state index < -0.39 is 5.82 Å². The summed E-state index contributed by atoms with van der Waals surface area (Å²) in [5.74, 6) is -0.391. The molecule has 0 aliphatic rings. The van der Waals surface area contributed by atoms with Gasteiger partial charge in [0.25, 0.3) is 0 Å². The van der Waals surface area contributed by atoms with Crippen molar-refractivity contribution in [3.63, 3.8) is 0 Å². The average Bonchev–Trinajstić information content (AvgIpc) is 2.48. The number of anilines is 1. The Hall–Kier alpha value is -1.91. The van der Waals surface area contributed by atoms with E-state index in [2.05, 4.69) is 15.5 Å². The number of hydrogen-bond donors (Lipinski definition) is 2. The predicted octanol–water partition coefficient (Wildman–Crippen LogP) is 1.58. The molecule has 0 unspecified atom stereocenters. The molecule has 72 valence electrons. The van der Waals surface area contributed by atoms with Crippen LogP contribution in [0.1, 0.15) is 5.69 Å². The zero-order valence-electron chi connectivity index (χ0n) is 7.47. The van der Waals surface area contributed by atoms with Gasteiger partial charge in [-0.1, -0.05) is 0 Å². The monoisotopic (exact) mass is 193 g/mol. The highest BCUT2D eigenvalue weighted by atomic mass is 19.1. The summed E-state index contributed by atoms with van der Waals surface area (Å²) in [4.78, 5) is 10.2. The SMILES string of the molecule is Cc1[nH]nc2cc(NC=O)cc(F)c12. The number of nitrogens with one attached hydrogen (secondary N) is 2. The molecule has 0 saturated carbocycles. The molecule has 1 aromatic carbocycles. The highest BCUT2D eigenvalue weighted by Gasteiger charge is 2.08. The van der Waals surface area contributed by atoms with Gasteiger partial charge in [-0.2, -0.15) is 5.10 Å². The number of hydrogen-bond acceptors (Lipinski definition) is 2. The zero-order valence-corrected chi connectivity index (χ0v) is 7.47. The van der Waals surface area contributed by atoms with Crippen LogP contribution in [0.3, 0.4) is 0 Å². The van der Waals surface area contributed by atoms with E-state index >= 15 is 0 Å². The second-order valence-electron chi connectivity index (χ2n) is 2.96. The first-order chi connectivity index (χ1) is 6.72. The van der Waals surface area contributed by atoms with Crippen LogP contribution in [-0.2, 0) is 4.79 Å². The first kappa shape index (κ1) is 8.68. The molecular weight excluding hydrogens is 185 g/mol. The molecule has 0 aliphatic carbocycles. The lowest BCUT2D eigenvalue weighted by Gasteiger charge is -1.99. The van der Waals surface area contributed by atoms with Crippen LogP contribution in [0.25, 0.3) is 10.9 Å². The molecule has 2 N–H and O–H groups in total. The summed E-state index contributed by atoms with van der Waals surface area (Å²) in [7, 11) is 0. The third-order valence-corrected chi connectivity index (χ3v) is 2.01. The van der Waals surface area contributed by atoms with Gasteiger partial charge in [-0.25, -0.2) is 4.39 Å². The molecule has 2 rings (SSSR count). The van der Waals surface area contributed by atoms with E-state index in [1.165, 1.54) is 6.07 Å². The van der Waals surface area contributed by atoms with Crippen LogP contribution in [0.15, 0.2) is 12.1 Å². The Bertz CT molecular complexity index is 492. The molecule has 0 fully saturated rings. The van der Waals surface area contributed by atoms with Crippen molar-refractivity contribution in [2.75, 3.05) is 5.32 Å².